The fourth-order valence-corrected chi connectivity index (χ4v) is 5.14. The van der Waals surface area contributed by atoms with E-state index in [4.69, 9.17) is 4.74 Å². The van der Waals surface area contributed by atoms with Crippen LogP contribution in [-0.2, 0) is 0 Å². The molecule has 2 fully saturated rings. The first-order chi connectivity index (χ1) is 14.6. The molecule has 0 aliphatic carbocycles. The Hall–Kier alpha value is -2.34. The largest absolute Gasteiger partial charge is 0.493 e. The fraction of sp³-hybridized carbons (Fsp3) is 0.500. The van der Waals surface area contributed by atoms with E-state index in [0.717, 1.165) is 67.4 Å². The first kappa shape index (κ1) is 20.9. The number of benzene rings is 1. The summed E-state index contributed by atoms with van der Waals surface area (Å²) in [6.45, 7) is 5.82. The van der Waals surface area contributed by atoms with Crippen molar-refractivity contribution in [1.82, 2.24) is 9.80 Å². The minimum absolute atomic E-state index is 0.0980. The van der Waals surface area contributed by atoms with Crippen LogP contribution in [0.4, 0.5) is 0 Å². The van der Waals surface area contributed by atoms with Gasteiger partial charge >= 0.3 is 0 Å². The second-order valence-corrected chi connectivity index (χ2v) is 9.65. The topological polar surface area (TPSA) is 49.9 Å². The molecule has 0 radical (unpaired) electrons. The molecule has 3 heterocycles. The van der Waals surface area contributed by atoms with Crippen molar-refractivity contribution < 1.29 is 14.3 Å². The first-order valence-corrected chi connectivity index (χ1v) is 11.8. The lowest BCUT2D eigenvalue weighted by atomic mass is 9.99. The molecule has 4 rings (SSSR count). The average molecular weight is 427 g/mol. The molecule has 2 saturated heterocycles. The number of likely N-dealkylation sites (tertiary alicyclic amines) is 2. The van der Waals surface area contributed by atoms with Crippen LogP contribution < -0.4 is 4.74 Å². The Morgan fingerprint density at radius 2 is 1.80 bits per heavy atom. The van der Waals surface area contributed by atoms with Crippen LogP contribution in [0.3, 0.4) is 0 Å². The van der Waals surface area contributed by atoms with Gasteiger partial charge in [-0.1, -0.05) is 6.07 Å². The number of carbonyl (C=O) groups is 2. The third-order valence-electron chi connectivity index (χ3n) is 5.97. The van der Waals surface area contributed by atoms with E-state index in [1.165, 1.54) is 6.42 Å². The van der Waals surface area contributed by atoms with E-state index < -0.39 is 0 Å². The van der Waals surface area contributed by atoms with Crippen molar-refractivity contribution in [3.63, 3.8) is 0 Å². The van der Waals surface area contributed by atoms with Gasteiger partial charge in [0.2, 0.25) is 0 Å². The molecule has 2 aromatic rings. The van der Waals surface area contributed by atoms with Crippen LogP contribution in [-0.4, -0.2) is 54.4 Å². The number of amides is 2. The highest BCUT2D eigenvalue weighted by atomic mass is 32.1. The molecular weight excluding hydrogens is 396 g/mol. The first-order valence-electron chi connectivity index (χ1n) is 11.0. The van der Waals surface area contributed by atoms with E-state index in [2.05, 4.69) is 0 Å². The molecule has 0 unspecified atom stereocenters. The van der Waals surface area contributed by atoms with Crippen LogP contribution in [0.5, 0.6) is 5.75 Å². The summed E-state index contributed by atoms with van der Waals surface area (Å²) in [5.74, 6) is 1.27. The zero-order chi connectivity index (χ0) is 20.9. The Kier molecular flexibility index (Phi) is 6.72. The van der Waals surface area contributed by atoms with Gasteiger partial charge in [-0.15, -0.1) is 11.3 Å². The molecule has 0 spiro atoms. The van der Waals surface area contributed by atoms with Gasteiger partial charge in [-0.2, -0.15) is 0 Å². The van der Waals surface area contributed by atoms with Gasteiger partial charge in [-0.05, 0) is 69.4 Å². The highest BCUT2D eigenvalue weighted by molar-refractivity contribution is 7.13. The second kappa shape index (κ2) is 9.65. The number of hydrogen-bond acceptors (Lipinski definition) is 4. The smallest absolute Gasteiger partial charge is 0.263 e. The van der Waals surface area contributed by atoms with Gasteiger partial charge in [-0.3, -0.25) is 9.59 Å². The number of nitrogens with zero attached hydrogens (tertiary/aromatic N) is 2. The zero-order valence-corrected chi connectivity index (χ0v) is 18.5. The lowest BCUT2D eigenvalue weighted by Gasteiger charge is -2.32. The van der Waals surface area contributed by atoms with Crippen LogP contribution in [0, 0.1) is 12.8 Å². The van der Waals surface area contributed by atoms with E-state index in [-0.39, 0.29) is 11.8 Å². The summed E-state index contributed by atoms with van der Waals surface area (Å²) < 4.78 is 6.06. The molecule has 1 aromatic carbocycles. The number of aryl methyl sites for hydroxylation is 1. The molecule has 1 aromatic heterocycles. The number of thiophene rings is 1. The van der Waals surface area contributed by atoms with Gasteiger partial charge < -0.3 is 14.5 Å². The zero-order valence-electron chi connectivity index (χ0n) is 17.6. The lowest BCUT2D eigenvalue weighted by molar-refractivity contribution is 0.0636. The Balaban J connectivity index is 1.33. The predicted molar refractivity (Wildman–Crippen MR) is 119 cm³/mol. The number of carbonyl (C=O) groups excluding carboxylic acids is 2. The predicted octanol–water partition coefficient (Wildman–Crippen LogP) is 4.61. The summed E-state index contributed by atoms with van der Waals surface area (Å²) in [6.07, 6.45) is 5.44. The van der Waals surface area contributed by atoms with E-state index in [1.807, 2.05) is 53.1 Å². The number of piperidine rings is 2. The van der Waals surface area contributed by atoms with Crippen molar-refractivity contribution in [2.75, 3.05) is 32.8 Å². The summed E-state index contributed by atoms with van der Waals surface area (Å²) in [7, 11) is 0. The number of rotatable bonds is 5. The van der Waals surface area contributed by atoms with E-state index in [1.54, 1.807) is 11.3 Å². The highest BCUT2D eigenvalue weighted by Gasteiger charge is 2.26. The molecule has 0 bridgehead atoms. The molecule has 0 saturated carbocycles. The Morgan fingerprint density at radius 3 is 2.57 bits per heavy atom. The Morgan fingerprint density at radius 1 is 1.00 bits per heavy atom. The third kappa shape index (κ3) is 5.04. The van der Waals surface area contributed by atoms with Crippen molar-refractivity contribution in [3.8, 4) is 5.75 Å². The molecule has 160 valence electrons. The molecule has 2 aliphatic heterocycles. The Labute approximate surface area is 182 Å². The van der Waals surface area contributed by atoms with Gasteiger partial charge in [0.1, 0.15) is 5.75 Å². The van der Waals surface area contributed by atoms with Crippen LogP contribution in [0.15, 0.2) is 36.4 Å². The fourth-order valence-electron chi connectivity index (χ4n) is 4.30. The summed E-state index contributed by atoms with van der Waals surface area (Å²) in [5, 5.41) is 0. The molecule has 5 nitrogen and oxygen atoms in total. The average Bonchev–Trinajstić information content (AvgIpc) is 3.24. The van der Waals surface area contributed by atoms with Gasteiger partial charge in [0, 0.05) is 42.5 Å². The molecule has 0 N–H and O–H groups in total. The van der Waals surface area contributed by atoms with Gasteiger partial charge in [0.05, 0.1) is 11.5 Å². The summed E-state index contributed by atoms with van der Waals surface area (Å²) in [6, 6.07) is 11.5. The summed E-state index contributed by atoms with van der Waals surface area (Å²) >= 11 is 1.56. The molecule has 2 aliphatic rings. The minimum atomic E-state index is 0.0980. The van der Waals surface area contributed by atoms with E-state index in [9.17, 15) is 9.59 Å². The van der Waals surface area contributed by atoms with Crippen LogP contribution in [0.2, 0.25) is 0 Å². The monoisotopic (exact) mass is 426 g/mol. The van der Waals surface area contributed by atoms with Crippen LogP contribution >= 0.6 is 11.3 Å². The van der Waals surface area contributed by atoms with Crippen LogP contribution in [0.25, 0.3) is 0 Å². The van der Waals surface area contributed by atoms with Crippen molar-refractivity contribution in [3.05, 3.63) is 51.7 Å². The molecule has 2 amide bonds. The molecular formula is C24H30N2O3S. The SMILES string of the molecule is Cc1ccc(C(=O)N2CCC[C@H](COc3cccc(C(=O)N4CCCCC4)c3)C2)s1. The van der Waals surface area contributed by atoms with Crippen molar-refractivity contribution in [2.24, 2.45) is 5.92 Å². The minimum Gasteiger partial charge on any atom is -0.493 e. The van der Waals surface area contributed by atoms with Gasteiger partial charge in [-0.25, -0.2) is 0 Å². The normalized spacial score (nSPS) is 19.6. The van der Waals surface area contributed by atoms with Gasteiger partial charge in [0.15, 0.2) is 0 Å². The maximum Gasteiger partial charge on any atom is 0.263 e. The van der Waals surface area contributed by atoms with Gasteiger partial charge in [0.25, 0.3) is 11.8 Å². The van der Waals surface area contributed by atoms with E-state index in [0.29, 0.717) is 18.1 Å². The standard InChI is InChI=1S/C24H30N2O3S/c1-18-10-11-22(30-18)24(28)26-14-6-7-19(16-26)17-29-21-9-5-8-20(15-21)23(27)25-12-3-2-4-13-25/h5,8-11,15,19H,2-4,6-7,12-14,16-17H2,1H3/t19-/m0/s1. The van der Waals surface area contributed by atoms with Crippen molar-refractivity contribution in [2.45, 2.75) is 39.0 Å². The second-order valence-electron chi connectivity index (χ2n) is 8.36. The highest BCUT2D eigenvalue weighted by Crippen LogP contribution is 2.24. The van der Waals surface area contributed by atoms with Crippen LogP contribution in [0.1, 0.15) is 57.0 Å². The number of hydrogen-bond donors (Lipinski definition) is 0. The summed E-state index contributed by atoms with van der Waals surface area (Å²) in [5.41, 5.74) is 0.697. The third-order valence-corrected chi connectivity index (χ3v) is 6.96. The lowest BCUT2D eigenvalue weighted by Crippen LogP contribution is -2.41. The molecule has 6 heteroatoms. The molecule has 30 heavy (non-hydrogen) atoms. The molecule has 1 atom stereocenters. The maximum absolute atomic E-state index is 12.8. The summed E-state index contributed by atoms with van der Waals surface area (Å²) in [4.78, 5) is 31.4. The van der Waals surface area contributed by atoms with Crippen molar-refractivity contribution >= 4 is 23.2 Å². The quantitative estimate of drug-likeness (QED) is 0.701. The maximum atomic E-state index is 12.8. The number of ether oxygens (including phenoxy) is 1. The van der Waals surface area contributed by atoms with E-state index >= 15 is 0 Å². The Bertz CT molecular complexity index is 888. The van der Waals surface area contributed by atoms with Crippen molar-refractivity contribution in [1.29, 1.82) is 0 Å².